The smallest absolute Gasteiger partial charge is 0.0483 e. The van der Waals surface area contributed by atoms with Crippen LogP contribution in [-0.4, -0.2) is 22.6 Å². The molecule has 2 N–H and O–H groups in total. The van der Waals surface area contributed by atoms with Gasteiger partial charge in [0, 0.05) is 29.4 Å². The molecule has 3 heteroatoms. The molecule has 0 spiro atoms. The Morgan fingerprint density at radius 2 is 2.11 bits per heavy atom. The molecule has 0 aliphatic rings. The Bertz CT molecular complexity index is 490. The van der Waals surface area contributed by atoms with Crippen molar-refractivity contribution in [2.45, 2.75) is 26.3 Å². The monoisotopic (exact) mass is 262 g/mol. The first-order chi connectivity index (χ1) is 8.86. The highest BCUT2D eigenvalue weighted by molar-refractivity contribution is 7.99. The van der Waals surface area contributed by atoms with Gasteiger partial charge in [-0.1, -0.05) is 25.1 Å². The van der Waals surface area contributed by atoms with E-state index in [-0.39, 0.29) is 0 Å². The van der Waals surface area contributed by atoms with E-state index in [0.29, 0.717) is 0 Å². The number of para-hydroxylation sites is 1. The summed E-state index contributed by atoms with van der Waals surface area (Å²) in [4.78, 5) is 0. The van der Waals surface area contributed by atoms with Crippen LogP contribution >= 0.6 is 11.8 Å². The summed E-state index contributed by atoms with van der Waals surface area (Å²) in [6, 6.07) is 8.69. The van der Waals surface area contributed by atoms with Crippen LogP contribution in [0.25, 0.3) is 10.9 Å². The van der Waals surface area contributed by atoms with Gasteiger partial charge in [0.1, 0.15) is 0 Å². The SMILES string of the molecule is CCSCCn1cc(CCCN)c2ccccc21. The summed E-state index contributed by atoms with van der Waals surface area (Å²) in [5.41, 5.74) is 8.42. The first kappa shape index (κ1) is 13.5. The minimum Gasteiger partial charge on any atom is -0.346 e. The van der Waals surface area contributed by atoms with Gasteiger partial charge in [0.15, 0.2) is 0 Å². The summed E-state index contributed by atoms with van der Waals surface area (Å²) in [7, 11) is 0. The molecule has 98 valence electrons. The fraction of sp³-hybridized carbons (Fsp3) is 0.467. The number of benzene rings is 1. The van der Waals surface area contributed by atoms with Crippen LogP contribution in [0.3, 0.4) is 0 Å². The quantitative estimate of drug-likeness (QED) is 0.776. The number of nitrogens with two attached hydrogens (primary N) is 1. The summed E-state index contributed by atoms with van der Waals surface area (Å²) in [6.07, 6.45) is 4.47. The molecule has 0 saturated carbocycles. The molecule has 0 bridgehead atoms. The Balaban J connectivity index is 2.23. The number of fused-ring (bicyclic) bond motifs is 1. The largest absolute Gasteiger partial charge is 0.346 e. The highest BCUT2D eigenvalue weighted by Gasteiger charge is 2.07. The van der Waals surface area contributed by atoms with Gasteiger partial charge in [-0.25, -0.2) is 0 Å². The predicted molar refractivity (Wildman–Crippen MR) is 82.3 cm³/mol. The van der Waals surface area contributed by atoms with E-state index in [2.05, 4.69) is 42.0 Å². The standard InChI is InChI=1S/C15H22N2S/c1-2-18-11-10-17-12-13(6-5-9-16)14-7-3-4-8-15(14)17/h3-4,7-8,12H,2,5-6,9-11,16H2,1H3. The van der Waals surface area contributed by atoms with Gasteiger partial charge in [0.2, 0.25) is 0 Å². The maximum Gasteiger partial charge on any atom is 0.0483 e. The number of rotatable bonds is 7. The highest BCUT2D eigenvalue weighted by atomic mass is 32.2. The van der Waals surface area contributed by atoms with Gasteiger partial charge in [-0.15, -0.1) is 0 Å². The molecule has 2 rings (SSSR count). The van der Waals surface area contributed by atoms with E-state index in [1.807, 2.05) is 11.8 Å². The van der Waals surface area contributed by atoms with Gasteiger partial charge in [0.05, 0.1) is 0 Å². The lowest BCUT2D eigenvalue weighted by Crippen LogP contribution is -2.00. The highest BCUT2D eigenvalue weighted by Crippen LogP contribution is 2.22. The van der Waals surface area contributed by atoms with Crippen molar-refractivity contribution in [2.24, 2.45) is 5.73 Å². The van der Waals surface area contributed by atoms with Gasteiger partial charge in [-0.2, -0.15) is 11.8 Å². The van der Waals surface area contributed by atoms with E-state index < -0.39 is 0 Å². The normalized spacial score (nSPS) is 11.2. The minimum absolute atomic E-state index is 0.769. The first-order valence-electron chi connectivity index (χ1n) is 6.71. The predicted octanol–water partition coefficient (Wildman–Crippen LogP) is 3.29. The molecule has 0 aliphatic heterocycles. The van der Waals surface area contributed by atoms with Crippen LogP contribution in [0.4, 0.5) is 0 Å². The molecule has 18 heavy (non-hydrogen) atoms. The van der Waals surface area contributed by atoms with Crippen LogP contribution < -0.4 is 5.73 Å². The van der Waals surface area contributed by atoms with Crippen LogP contribution in [0.1, 0.15) is 18.9 Å². The van der Waals surface area contributed by atoms with Crippen molar-refractivity contribution in [3.63, 3.8) is 0 Å². The number of hydrogen-bond acceptors (Lipinski definition) is 2. The van der Waals surface area contributed by atoms with Crippen LogP contribution in [-0.2, 0) is 13.0 Å². The summed E-state index contributed by atoms with van der Waals surface area (Å²) in [6.45, 7) is 4.08. The van der Waals surface area contributed by atoms with Crippen molar-refractivity contribution in [3.8, 4) is 0 Å². The Kier molecular flexibility index (Phi) is 5.14. The zero-order valence-electron chi connectivity index (χ0n) is 11.1. The lowest BCUT2D eigenvalue weighted by Gasteiger charge is -2.03. The Hall–Kier alpha value is -0.930. The molecule has 2 nitrogen and oxygen atoms in total. The average Bonchev–Trinajstić information content (AvgIpc) is 2.76. The Morgan fingerprint density at radius 1 is 1.28 bits per heavy atom. The molecular formula is C15H22N2S. The average molecular weight is 262 g/mol. The number of aromatic nitrogens is 1. The molecular weight excluding hydrogens is 240 g/mol. The van der Waals surface area contributed by atoms with Gasteiger partial charge in [-0.3, -0.25) is 0 Å². The van der Waals surface area contributed by atoms with Crippen molar-refractivity contribution in [1.29, 1.82) is 0 Å². The van der Waals surface area contributed by atoms with Crippen molar-refractivity contribution in [3.05, 3.63) is 36.0 Å². The molecule has 1 aromatic heterocycles. The molecule has 0 fully saturated rings. The lowest BCUT2D eigenvalue weighted by molar-refractivity contribution is 0.788. The van der Waals surface area contributed by atoms with Gasteiger partial charge in [-0.05, 0) is 36.8 Å². The van der Waals surface area contributed by atoms with E-state index in [1.54, 1.807) is 0 Å². The summed E-state index contributed by atoms with van der Waals surface area (Å²) < 4.78 is 2.39. The van der Waals surface area contributed by atoms with Crippen LogP contribution in [0, 0.1) is 0 Å². The second-order valence-corrected chi connectivity index (χ2v) is 5.85. The molecule has 1 heterocycles. The van der Waals surface area contributed by atoms with E-state index in [0.717, 1.165) is 25.9 Å². The molecule has 0 saturated heterocycles. The zero-order valence-corrected chi connectivity index (χ0v) is 11.9. The third kappa shape index (κ3) is 3.09. The van der Waals surface area contributed by atoms with E-state index >= 15 is 0 Å². The summed E-state index contributed by atoms with van der Waals surface area (Å²) in [5, 5.41) is 1.40. The molecule has 1 aromatic carbocycles. The third-order valence-corrected chi connectivity index (χ3v) is 4.08. The summed E-state index contributed by atoms with van der Waals surface area (Å²) in [5.74, 6) is 2.38. The third-order valence-electron chi connectivity index (χ3n) is 3.20. The molecule has 0 aliphatic carbocycles. The first-order valence-corrected chi connectivity index (χ1v) is 7.87. The minimum atomic E-state index is 0.769. The molecule has 0 unspecified atom stereocenters. The fourth-order valence-electron chi connectivity index (χ4n) is 2.31. The topological polar surface area (TPSA) is 30.9 Å². The summed E-state index contributed by atoms with van der Waals surface area (Å²) >= 11 is 2.00. The van der Waals surface area contributed by atoms with Crippen LogP contribution in [0.5, 0.6) is 0 Å². The molecule has 0 atom stereocenters. The van der Waals surface area contributed by atoms with E-state index in [4.69, 9.17) is 5.73 Å². The number of thioether (sulfide) groups is 1. The lowest BCUT2D eigenvalue weighted by atomic mass is 10.1. The van der Waals surface area contributed by atoms with Crippen molar-refractivity contribution in [2.75, 3.05) is 18.1 Å². The van der Waals surface area contributed by atoms with Gasteiger partial charge < -0.3 is 10.3 Å². The van der Waals surface area contributed by atoms with E-state index in [9.17, 15) is 0 Å². The van der Waals surface area contributed by atoms with Crippen molar-refractivity contribution >= 4 is 22.7 Å². The van der Waals surface area contributed by atoms with Crippen LogP contribution in [0.15, 0.2) is 30.5 Å². The molecule has 2 aromatic rings. The Morgan fingerprint density at radius 3 is 2.89 bits per heavy atom. The van der Waals surface area contributed by atoms with Crippen molar-refractivity contribution < 1.29 is 0 Å². The van der Waals surface area contributed by atoms with Crippen molar-refractivity contribution in [1.82, 2.24) is 4.57 Å². The maximum atomic E-state index is 5.62. The maximum absolute atomic E-state index is 5.62. The van der Waals surface area contributed by atoms with Gasteiger partial charge >= 0.3 is 0 Å². The second-order valence-electron chi connectivity index (χ2n) is 4.45. The fourth-order valence-corrected chi connectivity index (χ4v) is 2.92. The van der Waals surface area contributed by atoms with Crippen LogP contribution in [0.2, 0.25) is 0 Å². The number of nitrogens with zero attached hydrogens (tertiary/aromatic N) is 1. The molecule has 0 amide bonds. The molecule has 0 radical (unpaired) electrons. The second kappa shape index (κ2) is 6.86. The van der Waals surface area contributed by atoms with Gasteiger partial charge in [0.25, 0.3) is 0 Å². The Labute approximate surface area is 114 Å². The number of aryl methyl sites for hydroxylation is 2. The zero-order chi connectivity index (χ0) is 12.8. The number of hydrogen-bond donors (Lipinski definition) is 1. The van der Waals surface area contributed by atoms with E-state index in [1.165, 1.54) is 28.0 Å².